The first-order chi connectivity index (χ1) is 10.8. The summed E-state index contributed by atoms with van der Waals surface area (Å²) < 4.78 is 5.63. The zero-order chi connectivity index (χ0) is 17.0. The molecule has 0 N–H and O–H groups in total. The van der Waals surface area contributed by atoms with E-state index in [1.54, 1.807) is 0 Å². The van der Waals surface area contributed by atoms with Gasteiger partial charge in [0.15, 0.2) is 0 Å². The van der Waals surface area contributed by atoms with E-state index in [2.05, 4.69) is 45.0 Å². The first-order valence-electron chi connectivity index (χ1n) is 8.15. The van der Waals surface area contributed by atoms with Crippen LogP contribution in [0.2, 0.25) is 0 Å². The van der Waals surface area contributed by atoms with Gasteiger partial charge in [-0.15, -0.1) is 0 Å². The molecule has 0 spiro atoms. The van der Waals surface area contributed by atoms with Crippen LogP contribution in [0.3, 0.4) is 0 Å². The second kappa shape index (κ2) is 6.99. The molecule has 2 heteroatoms. The Hall–Kier alpha value is -2.09. The Bertz CT molecular complexity index is 636. The molecule has 0 bridgehead atoms. The van der Waals surface area contributed by atoms with E-state index < -0.39 is 0 Å². The van der Waals surface area contributed by atoms with Gasteiger partial charge in [0.05, 0.1) is 5.92 Å². The summed E-state index contributed by atoms with van der Waals surface area (Å²) in [5.74, 6) is -0.273. The monoisotopic (exact) mass is 310 g/mol. The van der Waals surface area contributed by atoms with Gasteiger partial charge in [0.1, 0.15) is 6.10 Å². The molecule has 2 rings (SSSR count). The molecule has 0 amide bonds. The van der Waals surface area contributed by atoms with Crippen LogP contribution in [0.15, 0.2) is 54.6 Å². The molecule has 0 aliphatic rings. The zero-order valence-electron chi connectivity index (χ0n) is 14.7. The highest BCUT2D eigenvalue weighted by Crippen LogP contribution is 2.29. The van der Waals surface area contributed by atoms with Crippen molar-refractivity contribution in [3.63, 3.8) is 0 Å². The van der Waals surface area contributed by atoms with Crippen LogP contribution < -0.4 is 0 Å². The van der Waals surface area contributed by atoms with Crippen LogP contribution in [-0.4, -0.2) is 5.97 Å². The maximum atomic E-state index is 12.2. The molecular formula is C21H26O2. The predicted molar refractivity (Wildman–Crippen MR) is 95.0 cm³/mol. The standard InChI is InChI=1S/C21H26O2/c1-15(21(3,4)5)20(22)23-16(2)17-11-13-19(14-12-17)18-9-7-6-8-10-18/h6-16H,1-5H3. The van der Waals surface area contributed by atoms with Gasteiger partial charge in [0.25, 0.3) is 0 Å². The lowest BCUT2D eigenvalue weighted by atomic mass is 9.82. The lowest BCUT2D eigenvalue weighted by molar-refractivity contribution is -0.156. The molecule has 0 fully saturated rings. The molecule has 0 aromatic heterocycles. The number of hydrogen-bond donors (Lipinski definition) is 0. The first-order valence-corrected chi connectivity index (χ1v) is 8.15. The summed E-state index contributed by atoms with van der Waals surface area (Å²) in [7, 11) is 0. The molecule has 0 aliphatic carbocycles. The number of carbonyl (C=O) groups is 1. The van der Waals surface area contributed by atoms with Crippen molar-refractivity contribution in [2.24, 2.45) is 11.3 Å². The Kier molecular flexibility index (Phi) is 5.25. The van der Waals surface area contributed by atoms with Crippen LogP contribution in [0.25, 0.3) is 11.1 Å². The Balaban J connectivity index is 2.06. The fourth-order valence-electron chi connectivity index (χ4n) is 2.28. The first kappa shape index (κ1) is 17.3. The van der Waals surface area contributed by atoms with Gasteiger partial charge >= 0.3 is 5.97 Å². The zero-order valence-corrected chi connectivity index (χ0v) is 14.7. The molecule has 0 aliphatic heterocycles. The summed E-state index contributed by atoms with van der Waals surface area (Å²) in [5, 5.41) is 0. The van der Waals surface area contributed by atoms with E-state index in [0.29, 0.717) is 0 Å². The topological polar surface area (TPSA) is 26.3 Å². The van der Waals surface area contributed by atoms with Crippen molar-refractivity contribution in [2.75, 3.05) is 0 Å². The van der Waals surface area contributed by atoms with Crippen LogP contribution >= 0.6 is 0 Å². The van der Waals surface area contributed by atoms with Crippen LogP contribution in [0.4, 0.5) is 0 Å². The summed E-state index contributed by atoms with van der Waals surface area (Å²) in [5.41, 5.74) is 3.27. The maximum Gasteiger partial charge on any atom is 0.309 e. The minimum atomic E-state index is -0.239. The van der Waals surface area contributed by atoms with E-state index in [1.165, 1.54) is 5.56 Å². The molecule has 0 saturated heterocycles. The number of benzene rings is 2. The third-order valence-electron chi connectivity index (χ3n) is 4.43. The van der Waals surface area contributed by atoms with Crippen molar-refractivity contribution in [1.82, 2.24) is 0 Å². The fourth-order valence-corrected chi connectivity index (χ4v) is 2.28. The van der Waals surface area contributed by atoms with Crippen molar-refractivity contribution in [3.8, 4) is 11.1 Å². The Labute approximate surface area is 139 Å². The largest absolute Gasteiger partial charge is 0.458 e. The van der Waals surface area contributed by atoms with E-state index in [0.717, 1.165) is 11.1 Å². The van der Waals surface area contributed by atoms with Crippen LogP contribution in [-0.2, 0) is 9.53 Å². The van der Waals surface area contributed by atoms with E-state index >= 15 is 0 Å². The molecule has 2 aromatic rings. The molecule has 23 heavy (non-hydrogen) atoms. The number of esters is 1. The molecule has 2 nitrogen and oxygen atoms in total. The summed E-state index contributed by atoms with van der Waals surface area (Å²) in [4.78, 5) is 12.2. The molecule has 0 saturated carbocycles. The molecule has 0 radical (unpaired) electrons. The van der Waals surface area contributed by atoms with Gasteiger partial charge in [-0.25, -0.2) is 0 Å². The molecular weight excluding hydrogens is 284 g/mol. The Morgan fingerprint density at radius 2 is 1.39 bits per heavy atom. The van der Waals surface area contributed by atoms with E-state index in [-0.39, 0.29) is 23.4 Å². The maximum absolute atomic E-state index is 12.2. The summed E-state index contributed by atoms with van der Waals surface area (Å²) in [6, 6.07) is 18.4. The summed E-state index contributed by atoms with van der Waals surface area (Å²) >= 11 is 0. The number of carbonyl (C=O) groups excluding carboxylic acids is 1. The summed E-state index contributed by atoms with van der Waals surface area (Å²) in [6.07, 6.45) is -0.239. The van der Waals surface area contributed by atoms with Crippen molar-refractivity contribution in [3.05, 3.63) is 60.2 Å². The molecule has 2 aromatic carbocycles. The SMILES string of the molecule is CC(OC(=O)C(C)C(C)(C)C)c1ccc(-c2ccccc2)cc1. The van der Waals surface area contributed by atoms with E-state index in [9.17, 15) is 4.79 Å². The minimum absolute atomic E-state index is 0.0893. The van der Waals surface area contributed by atoms with Gasteiger partial charge < -0.3 is 4.74 Å². The smallest absolute Gasteiger partial charge is 0.309 e. The van der Waals surface area contributed by atoms with Gasteiger partial charge in [-0.2, -0.15) is 0 Å². The van der Waals surface area contributed by atoms with Crippen LogP contribution in [0.5, 0.6) is 0 Å². The second-order valence-corrected chi connectivity index (χ2v) is 7.15. The highest BCUT2D eigenvalue weighted by molar-refractivity contribution is 5.73. The van der Waals surface area contributed by atoms with Gasteiger partial charge in [0, 0.05) is 0 Å². The fraction of sp³-hybridized carbons (Fsp3) is 0.381. The average molecular weight is 310 g/mol. The van der Waals surface area contributed by atoms with Gasteiger partial charge in [-0.05, 0) is 29.0 Å². The quantitative estimate of drug-likeness (QED) is 0.683. The van der Waals surface area contributed by atoms with E-state index in [1.807, 2.05) is 44.2 Å². The predicted octanol–water partition coefficient (Wildman–Crippen LogP) is 5.64. The normalized spacial score (nSPS) is 14.1. The van der Waals surface area contributed by atoms with Crippen molar-refractivity contribution in [1.29, 1.82) is 0 Å². The highest BCUT2D eigenvalue weighted by atomic mass is 16.5. The van der Waals surface area contributed by atoms with Crippen LogP contribution in [0.1, 0.15) is 46.3 Å². The average Bonchev–Trinajstić information content (AvgIpc) is 2.54. The van der Waals surface area contributed by atoms with Crippen molar-refractivity contribution >= 4 is 5.97 Å². The Morgan fingerprint density at radius 3 is 1.91 bits per heavy atom. The molecule has 2 unspecified atom stereocenters. The molecule has 0 heterocycles. The lowest BCUT2D eigenvalue weighted by Crippen LogP contribution is -2.28. The minimum Gasteiger partial charge on any atom is -0.458 e. The van der Waals surface area contributed by atoms with E-state index in [4.69, 9.17) is 4.74 Å². The third-order valence-corrected chi connectivity index (χ3v) is 4.43. The van der Waals surface area contributed by atoms with Gasteiger partial charge in [-0.3, -0.25) is 4.79 Å². The van der Waals surface area contributed by atoms with Gasteiger partial charge in [-0.1, -0.05) is 82.3 Å². The van der Waals surface area contributed by atoms with Crippen molar-refractivity contribution < 1.29 is 9.53 Å². The van der Waals surface area contributed by atoms with Crippen molar-refractivity contribution in [2.45, 2.75) is 40.7 Å². The molecule has 122 valence electrons. The lowest BCUT2D eigenvalue weighted by Gasteiger charge is -2.27. The van der Waals surface area contributed by atoms with Crippen LogP contribution in [0, 0.1) is 11.3 Å². The number of ether oxygens (including phenoxy) is 1. The number of hydrogen-bond acceptors (Lipinski definition) is 2. The second-order valence-electron chi connectivity index (χ2n) is 7.15. The highest BCUT2D eigenvalue weighted by Gasteiger charge is 2.29. The molecule has 2 atom stereocenters. The van der Waals surface area contributed by atoms with Gasteiger partial charge in [0.2, 0.25) is 0 Å². The Morgan fingerprint density at radius 1 is 0.870 bits per heavy atom. The summed E-state index contributed by atoms with van der Waals surface area (Å²) in [6.45, 7) is 10.0. The number of rotatable bonds is 4. The third kappa shape index (κ3) is 4.44.